The molecule has 0 rings (SSSR count). The summed E-state index contributed by atoms with van der Waals surface area (Å²) in [5.74, 6) is -0.224. The van der Waals surface area contributed by atoms with E-state index in [1.54, 1.807) is 0 Å². The molecule has 0 amide bonds. The third kappa shape index (κ3) is 10.3. The molecule has 110 valence electrons. The number of ether oxygens (including phenoxy) is 2. The molecule has 0 aliphatic carbocycles. The number of esters is 2. The molecule has 0 fully saturated rings. The summed E-state index contributed by atoms with van der Waals surface area (Å²) in [6.45, 7) is 10.1. The van der Waals surface area contributed by atoms with Gasteiger partial charge in [0.2, 0.25) is 0 Å². The second kappa shape index (κ2) is 9.59. The van der Waals surface area contributed by atoms with Crippen molar-refractivity contribution in [3.05, 3.63) is 11.6 Å². The van der Waals surface area contributed by atoms with Crippen molar-refractivity contribution in [3.63, 3.8) is 0 Å². The minimum atomic E-state index is -0.276. The van der Waals surface area contributed by atoms with E-state index >= 15 is 0 Å². The highest BCUT2D eigenvalue weighted by Crippen LogP contribution is 2.08. The van der Waals surface area contributed by atoms with Crippen molar-refractivity contribution in [1.29, 1.82) is 0 Å². The van der Waals surface area contributed by atoms with E-state index in [1.165, 1.54) is 0 Å². The van der Waals surface area contributed by atoms with Crippen LogP contribution < -0.4 is 0 Å². The van der Waals surface area contributed by atoms with Gasteiger partial charge >= 0.3 is 11.9 Å². The summed E-state index contributed by atoms with van der Waals surface area (Å²) < 4.78 is 10.2. The van der Waals surface area contributed by atoms with Gasteiger partial charge in [0.05, 0.1) is 0 Å². The van der Waals surface area contributed by atoms with Crippen LogP contribution in [0.5, 0.6) is 0 Å². The molecule has 0 aliphatic rings. The minimum absolute atomic E-state index is 0.0860. The summed E-state index contributed by atoms with van der Waals surface area (Å²) in [4.78, 5) is 22.8. The Bertz CT molecular complexity index is 314. The number of allylic oxidation sites excluding steroid dienone is 1. The topological polar surface area (TPSA) is 52.6 Å². The summed E-state index contributed by atoms with van der Waals surface area (Å²) in [6, 6.07) is 0. The zero-order chi connectivity index (χ0) is 14.8. The van der Waals surface area contributed by atoms with Gasteiger partial charge in [0.25, 0.3) is 0 Å². The SMILES string of the molecule is CC(C)=CCOC(=O)CCCC(=O)OC(C)C(C)C. The van der Waals surface area contributed by atoms with Crippen LogP contribution in [0.25, 0.3) is 0 Å². The zero-order valence-electron chi connectivity index (χ0n) is 12.7. The van der Waals surface area contributed by atoms with Gasteiger partial charge in [0.1, 0.15) is 12.7 Å². The number of carbonyl (C=O) groups excluding carboxylic acids is 2. The number of rotatable bonds is 8. The van der Waals surface area contributed by atoms with Crippen LogP contribution >= 0.6 is 0 Å². The van der Waals surface area contributed by atoms with Crippen LogP contribution in [0.2, 0.25) is 0 Å². The third-order valence-electron chi connectivity index (χ3n) is 2.75. The van der Waals surface area contributed by atoms with Crippen LogP contribution in [0.1, 0.15) is 53.9 Å². The monoisotopic (exact) mass is 270 g/mol. The molecule has 1 atom stereocenters. The summed E-state index contributed by atoms with van der Waals surface area (Å²) in [6.07, 6.45) is 2.74. The average molecular weight is 270 g/mol. The van der Waals surface area contributed by atoms with Crippen molar-refractivity contribution in [3.8, 4) is 0 Å². The predicted molar refractivity (Wildman–Crippen MR) is 74.6 cm³/mol. The molecule has 0 N–H and O–H groups in total. The first-order chi connectivity index (χ1) is 8.82. The lowest BCUT2D eigenvalue weighted by Gasteiger charge is -2.16. The molecule has 19 heavy (non-hydrogen) atoms. The third-order valence-corrected chi connectivity index (χ3v) is 2.75. The number of carbonyl (C=O) groups is 2. The fraction of sp³-hybridized carbons (Fsp3) is 0.733. The molecule has 0 aromatic carbocycles. The summed E-state index contributed by atoms with van der Waals surface area (Å²) in [5, 5.41) is 0. The highest BCUT2D eigenvalue weighted by molar-refractivity contribution is 5.72. The normalized spacial score (nSPS) is 11.9. The Morgan fingerprint density at radius 2 is 1.63 bits per heavy atom. The Morgan fingerprint density at radius 1 is 1.05 bits per heavy atom. The first-order valence-corrected chi connectivity index (χ1v) is 6.81. The molecular weight excluding hydrogens is 244 g/mol. The van der Waals surface area contributed by atoms with Gasteiger partial charge in [-0.05, 0) is 39.2 Å². The highest BCUT2D eigenvalue weighted by Gasteiger charge is 2.13. The smallest absolute Gasteiger partial charge is 0.306 e. The van der Waals surface area contributed by atoms with Gasteiger partial charge in [-0.1, -0.05) is 19.4 Å². The standard InChI is InChI=1S/C15H26O4/c1-11(2)9-10-18-14(16)7-6-8-15(17)19-13(5)12(3)4/h9,12-13H,6-8,10H2,1-5H3. The van der Waals surface area contributed by atoms with Crippen LogP contribution in [0.15, 0.2) is 11.6 Å². The fourth-order valence-corrected chi connectivity index (χ4v) is 1.15. The predicted octanol–water partition coefficient (Wildman–Crippen LogP) is 3.25. The number of hydrogen-bond acceptors (Lipinski definition) is 4. The molecular formula is C15H26O4. The molecule has 0 aliphatic heterocycles. The Balaban J connectivity index is 3.70. The quantitative estimate of drug-likeness (QED) is 0.502. The van der Waals surface area contributed by atoms with Gasteiger partial charge in [-0.15, -0.1) is 0 Å². The molecule has 0 bridgehead atoms. The van der Waals surface area contributed by atoms with Crippen LogP contribution in [-0.4, -0.2) is 24.6 Å². The van der Waals surface area contributed by atoms with Crippen molar-refractivity contribution >= 4 is 11.9 Å². The maximum absolute atomic E-state index is 11.5. The van der Waals surface area contributed by atoms with E-state index in [0.29, 0.717) is 18.9 Å². The largest absolute Gasteiger partial charge is 0.462 e. The zero-order valence-corrected chi connectivity index (χ0v) is 12.7. The second-order valence-corrected chi connectivity index (χ2v) is 5.26. The van der Waals surface area contributed by atoms with E-state index in [0.717, 1.165) is 5.57 Å². The maximum atomic E-state index is 11.5. The van der Waals surface area contributed by atoms with Crippen molar-refractivity contribution in [2.75, 3.05) is 6.61 Å². The fourth-order valence-electron chi connectivity index (χ4n) is 1.15. The maximum Gasteiger partial charge on any atom is 0.306 e. The molecule has 0 saturated heterocycles. The lowest BCUT2D eigenvalue weighted by Crippen LogP contribution is -2.20. The molecule has 0 spiro atoms. The molecule has 4 heteroatoms. The van der Waals surface area contributed by atoms with Crippen molar-refractivity contribution in [1.82, 2.24) is 0 Å². The molecule has 0 aromatic rings. The van der Waals surface area contributed by atoms with Gasteiger partial charge in [-0.3, -0.25) is 9.59 Å². The van der Waals surface area contributed by atoms with Crippen LogP contribution in [0.3, 0.4) is 0 Å². The van der Waals surface area contributed by atoms with Crippen molar-refractivity contribution in [2.24, 2.45) is 5.92 Å². The summed E-state index contributed by atoms with van der Waals surface area (Å²) >= 11 is 0. The Kier molecular flexibility index (Phi) is 8.92. The first kappa shape index (κ1) is 17.7. The Hall–Kier alpha value is -1.32. The van der Waals surface area contributed by atoms with E-state index in [-0.39, 0.29) is 30.9 Å². The second-order valence-electron chi connectivity index (χ2n) is 5.26. The highest BCUT2D eigenvalue weighted by atomic mass is 16.5. The average Bonchev–Trinajstić information content (AvgIpc) is 2.28. The van der Waals surface area contributed by atoms with Gasteiger partial charge < -0.3 is 9.47 Å². The van der Waals surface area contributed by atoms with E-state index in [1.807, 2.05) is 40.7 Å². The molecule has 0 aromatic heterocycles. The lowest BCUT2D eigenvalue weighted by molar-refractivity contribution is -0.150. The molecule has 0 saturated carbocycles. The van der Waals surface area contributed by atoms with Gasteiger partial charge in [0.15, 0.2) is 0 Å². The van der Waals surface area contributed by atoms with E-state index in [4.69, 9.17) is 9.47 Å². The van der Waals surface area contributed by atoms with Gasteiger partial charge in [-0.25, -0.2) is 0 Å². The van der Waals surface area contributed by atoms with Gasteiger partial charge in [-0.2, -0.15) is 0 Å². The van der Waals surface area contributed by atoms with E-state index < -0.39 is 0 Å². The summed E-state index contributed by atoms with van der Waals surface area (Å²) in [5.41, 5.74) is 1.11. The van der Waals surface area contributed by atoms with E-state index in [9.17, 15) is 9.59 Å². The molecule has 4 nitrogen and oxygen atoms in total. The van der Waals surface area contributed by atoms with Crippen molar-refractivity contribution in [2.45, 2.75) is 60.0 Å². The van der Waals surface area contributed by atoms with Gasteiger partial charge in [0, 0.05) is 12.8 Å². The van der Waals surface area contributed by atoms with Crippen LogP contribution in [0, 0.1) is 5.92 Å². The first-order valence-electron chi connectivity index (χ1n) is 6.81. The van der Waals surface area contributed by atoms with Crippen LogP contribution in [-0.2, 0) is 19.1 Å². The van der Waals surface area contributed by atoms with E-state index in [2.05, 4.69) is 0 Å². The minimum Gasteiger partial charge on any atom is -0.462 e. The molecule has 0 radical (unpaired) electrons. The lowest BCUT2D eigenvalue weighted by atomic mass is 10.1. The van der Waals surface area contributed by atoms with Crippen LogP contribution in [0.4, 0.5) is 0 Å². The molecule has 1 unspecified atom stereocenters. The van der Waals surface area contributed by atoms with Crippen molar-refractivity contribution < 1.29 is 19.1 Å². The number of hydrogen-bond donors (Lipinski definition) is 0. The summed E-state index contributed by atoms with van der Waals surface area (Å²) in [7, 11) is 0. The Morgan fingerprint density at radius 3 is 2.16 bits per heavy atom. The molecule has 0 heterocycles. The Labute approximate surface area is 116 Å².